The van der Waals surface area contributed by atoms with Gasteiger partial charge in [0.15, 0.2) is 0 Å². The molecule has 0 amide bonds. The highest BCUT2D eigenvalue weighted by Gasteiger charge is 2.40. The molecule has 2 heteroatoms. The predicted octanol–water partition coefficient (Wildman–Crippen LogP) is 3.55. The maximum absolute atomic E-state index is 6.21. The van der Waals surface area contributed by atoms with Crippen molar-refractivity contribution in [3.05, 3.63) is 0 Å². The van der Waals surface area contributed by atoms with E-state index < -0.39 is 0 Å². The van der Waals surface area contributed by atoms with Crippen molar-refractivity contribution in [2.24, 2.45) is 17.6 Å². The molecule has 1 aliphatic heterocycles. The van der Waals surface area contributed by atoms with E-state index in [0.717, 1.165) is 24.4 Å². The Balaban J connectivity index is 1.67. The molecule has 3 aliphatic rings. The Bertz CT molecular complexity index is 270. The van der Waals surface area contributed by atoms with Crippen molar-refractivity contribution in [3.8, 4) is 0 Å². The molecule has 0 bridgehead atoms. The SMILES string of the molecule is NCC(C1CCCCCC1)N1CCC2CCCCC21. The van der Waals surface area contributed by atoms with Crippen LogP contribution in [0.2, 0.25) is 0 Å². The first-order chi connectivity index (χ1) is 9.40. The summed E-state index contributed by atoms with van der Waals surface area (Å²) >= 11 is 0. The molecule has 0 aromatic rings. The molecule has 2 nitrogen and oxygen atoms in total. The number of hydrogen-bond donors (Lipinski definition) is 1. The third-order valence-electron chi connectivity index (χ3n) is 6.16. The van der Waals surface area contributed by atoms with Crippen LogP contribution in [0.3, 0.4) is 0 Å². The van der Waals surface area contributed by atoms with Gasteiger partial charge in [-0.2, -0.15) is 0 Å². The van der Waals surface area contributed by atoms with E-state index in [1.54, 1.807) is 0 Å². The summed E-state index contributed by atoms with van der Waals surface area (Å²) in [7, 11) is 0. The number of hydrogen-bond acceptors (Lipinski definition) is 2. The smallest absolute Gasteiger partial charge is 0.0249 e. The monoisotopic (exact) mass is 264 g/mol. The minimum Gasteiger partial charge on any atom is -0.329 e. The second-order valence-electron chi connectivity index (χ2n) is 7.19. The number of rotatable bonds is 3. The van der Waals surface area contributed by atoms with Crippen LogP contribution >= 0.6 is 0 Å². The van der Waals surface area contributed by atoms with Crippen molar-refractivity contribution in [2.45, 2.75) is 82.7 Å². The van der Waals surface area contributed by atoms with Crippen molar-refractivity contribution in [3.63, 3.8) is 0 Å². The summed E-state index contributed by atoms with van der Waals surface area (Å²) in [6, 6.07) is 1.59. The maximum atomic E-state index is 6.21. The van der Waals surface area contributed by atoms with E-state index in [2.05, 4.69) is 4.90 Å². The summed E-state index contributed by atoms with van der Waals surface area (Å²) in [5.74, 6) is 1.90. The van der Waals surface area contributed by atoms with Gasteiger partial charge in [-0.15, -0.1) is 0 Å². The largest absolute Gasteiger partial charge is 0.329 e. The third-order valence-corrected chi connectivity index (χ3v) is 6.16. The lowest BCUT2D eigenvalue weighted by Crippen LogP contribution is -2.49. The predicted molar refractivity (Wildman–Crippen MR) is 81.1 cm³/mol. The summed E-state index contributed by atoms with van der Waals surface area (Å²) in [6.07, 6.45) is 16.0. The number of fused-ring (bicyclic) bond motifs is 1. The van der Waals surface area contributed by atoms with E-state index in [1.165, 1.54) is 77.2 Å². The zero-order chi connectivity index (χ0) is 13.1. The van der Waals surface area contributed by atoms with Crippen molar-refractivity contribution in [1.82, 2.24) is 4.90 Å². The van der Waals surface area contributed by atoms with Crippen LogP contribution in [0, 0.1) is 11.8 Å². The van der Waals surface area contributed by atoms with E-state index in [-0.39, 0.29) is 0 Å². The van der Waals surface area contributed by atoms with Crippen LogP contribution in [0.15, 0.2) is 0 Å². The minimum atomic E-state index is 0.700. The lowest BCUT2D eigenvalue weighted by Gasteiger charge is -2.40. The highest BCUT2D eigenvalue weighted by Crippen LogP contribution is 2.39. The average Bonchev–Trinajstić information content (AvgIpc) is 2.69. The van der Waals surface area contributed by atoms with Crippen LogP contribution in [0.5, 0.6) is 0 Å². The van der Waals surface area contributed by atoms with Gasteiger partial charge in [0.25, 0.3) is 0 Å². The van der Waals surface area contributed by atoms with Gasteiger partial charge in [-0.25, -0.2) is 0 Å². The molecule has 0 radical (unpaired) electrons. The fourth-order valence-corrected chi connectivity index (χ4v) is 5.15. The molecule has 3 atom stereocenters. The topological polar surface area (TPSA) is 29.3 Å². The van der Waals surface area contributed by atoms with Gasteiger partial charge in [-0.3, -0.25) is 4.90 Å². The van der Waals surface area contributed by atoms with E-state index in [1.807, 2.05) is 0 Å². The molecule has 1 heterocycles. The van der Waals surface area contributed by atoms with Crippen LogP contribution in [0.1, 0.15) is 70.6 Å². The maximum Gasteiger partial charge on any atom is 0.0249 e. The molecular formula is C17H32N2. The van der Waals surface area contributed by atoms with Crippen molar-refractivity contribution in [1.29, 1.82) is 0 Å². The lowest BCUT2D eigenvalue weighted by atomic mass is 9.83. The summed E-state index contributed by atoms with van der Waals surface area (Å²) in [5, 5.41) is 0. The van der Waals surface area contributed by atoms with E-state index in [0.29, 0.717) is 6.04 Å². The van der Waals surface area contributed by atoms with E-state index in [9.17, 15) is 0 Å². The van der Waals surface area contributed by atoms with Gasteiger partial charge < -0.3 is 5.73 Å². The first-order valence-corrected chi connectivity index (χ1v) is 8.86. The Hall–Kier alpha value is -0.0800. The second-order valence-corrected chi connectivity index (χ2v) is 7.19. The van der Waals surface area contributed by atoms with Crippen molar-refractivity contribution >= 4 is 0 Å². The molecule has 0 aromatic heterocycles. The highest BCUT2D eigenvalue weighted by atomic mass is 15.2. The molecule has 0 aromatic carbocycles. The third kappa shape index (κ3) is 3.00. The van der Waals surface area contributed by atoms with Crippen LogP contribution in [-0.4, -0.2) is 30.1 Å². The van der Waals surface area contributed by atoms with Crippen LogP contribution < -0.4 is 5.73 Å². The molecule has 0 spiro atoms. The molecule has 19 heavy (non-hydrogen) atoms. The second kappa shape index (κ2) is 6.58. The van der Waals surface area contributed by atoms with Crippen molar-refractivity contribution in [2.75, 3.05) is 13.1 Å². The van der Waals surface area contributed by atoms with Gasteiger partial charge in [-0.05, 0) is 50.5 Å². The highest BCUT2D eigenvalue weighted by molar-refractivity contribution is 4.95. The molecule has 2 aliphatic carbocycles. The fourth-order valence-electron chi connectivity index (χ4n) is 5.15. The van der Waals surface area contributed by atoms with Crippen LogP contribution in [-0.2, 0) is 0 Å². The van der Waals surface area contributed by atoms with Gasteiger partial charge in [-0.1, -0.05) is 38.5 Å². The number of nitrogens with zero attached hydrogens (tertiary/aromatic N) is 1. The first-order valence-electron chi connectivity index (χ1n) is 8.86. The Morgan fingerprint density at radius 1 is 0.842 bits per heavy atom. The Morgan fingerprint density at radius 2 is 1.53 bits per heavy atom. The summed E-state index contributed by atoms with van der Waals surface area (Å²) in [5.41, 5.74) is 6.21. The van der Waals surface area contributed by atoms with Gasteiger partial charge in [0.05, 0.1) is 0 Å². The molecule has 3 unspecified atom stereocenters. The van der Waals surface area contributed by atoms with Gasteiger partial charge in [0, 0.05) is 18.6 Å². The molecular weight excluding hydrogens is 232 g/mol. The number of nitrogens with two attached hydrogens (primary N) is 1. The normalized spacial score (nSPS) is 35.8. The first kappa shape index (κ1) is 13.9. The zero-order valence-corrected chi connectivity index (χ0v) is 12.5. The molecule has 3 rings (SSSR count). The van der Waals surface area contributed by atoms with Crippen molar-refractivity contribution < 1.29 is 0 Å². The molecule has 1 saturated heterocycles. The Kier molecular flexibility index (Phi) is 4.81. The Labute approximate surface area is 119 Å². The van der Waals surface area contributed by atoms with Gasteiger partial charge in [0.1, 0.15) is 0 Å². The minimum absolute atomic E-state index is 0.700. The average molecular weight is 264 g/mol. The van der Waals surface area contributed by atoms with E-state index >= 15 is 0 Å². The van der Waals surface area contributed by atoms with Crippen LogP contribution in [0.4, 0.5) is 0 Å². The Morgan fingerprint density at radius 3 is 2.26 bits per heavy atom. The van der Waals surface area contributed by atoms with Crippen LogP contribution in [0.25, 0.3) is 0 Å². The standard InChI is InChI=1S/C17H32N2/c18-13-17(14-7-3-1-2-4-8-14)19-12-11-15-9-5-6-10-16(15)19/h14-17H,1-13,18H2. The molecule has 2 saturated carbocycles. The molecule has 3 fully saturated rings. The summed E-state index contributed by atoms with van der Waals surface area (Å²) < 4.78 is 0. The van der Waals surface area contributed by atoms with Gasteiger partial charge in [0.2, 0.25) is 0 Å². The summed E-state index contributed by atoms with van der Waals surface area (Å²) in [4.78, 5) is 2.86. The summed E-state index contributed by atoms with van der Waals surface area (Å²) in [6.45, 7) is 2.24. The quantitative estimate of drug-likeness (QED) is 0.790. The van der Waals surface area contributed by atoms with Gasteiger partial charge >= 0.3 is 0 Å². The molecule has 110 valence electrons. The molecule has 2 N–H and O–H groups in total. The lowest BCUT2D eigenvalue weighted by molar-refractivity contribution is 0.0923. The fraction of sp³-hybridized carbons (Fsp3) is 1.00. The zero-order valence-electron chi connectivity index (χ0n) is 12.5. The number of likely N-dealkylation sites (tertiary alicyclic amines) is 1. The van der Waals surface area contributed by atoms with E-state index in [4.69, 9.17) is 5.73 Å².